The lowest BCUT2D eigenvalue weighted by molar-refractivity contribution is -0.124. The average Bonchev–Trinajstić information content (AvgIpc) is 3.16. The lowest BCUT2D eigenvalue weighted by atomic mass is 10.1. The van der Waals surface area contributed by atoms with E-state index in [4.69, 9.17) is 26.4 Å². The van der Waals surface area contributed by atoms with Crippen molar-refractivity contribution in [3.05, 3.63) is 54.1 Å². The largest absolute Gasteiger partial charge is 0.497 e. The van der Waals surface area contributed by atoms with Crippen LogP contribution in [0.1, 0.15) is 23.7 Å². The standard InChI is InChI=1S/C27H32N4O6S/c1-3-37-26(34)19-4-6-20(7-5-19)28-24(32)18-23-25(33)31(21-8-10-22(35-2)11-9-21)27(38)30(23)13-12-29-14-16-36-17-15-29/h4-11,23H,3,12-18H2,1-2H3,(H,28,32)/t23-/m1/s1. The molecule has 0 bridgehead atoms. The first-order valence-electron chi connectivity index (χ1n) is 12.6. The molecule has 2 amide bonds. The van der Waals surface area contributed by atoms with Crippen molar-refractivity contribution in [2.24, 2.45) is 0 Å². The molecule has 1 atom stereocenters. The van der Waals surface area contributed by atoms with Gasteiger partial charge in [0.15, 0.2) is 5.11 Å². The molecule has 4 rings (SSSR count). The third-order valence-corrected chi connectivity index (χ3v) is 6.89. The molecule has 2 aliphatic heterocycles. The van der Waals surface area contributed by atoms with Crippen LogP contribution < -0.4 is 15.0 Å². The number of rotatable bonds is 10. The van der Waals surface area contributed by atoms with Gasteiger partial charge in [-0.25, -0.2) is 4.79 Å². The second kappa shape index (κ2) is 12.8. The van der Waals surface area contributed by atoms with Gasteiger partial charge in [-0.1, -0.05) is 0 Å². The molecular weight excluding hydrogens is 508 g/mol. The van der Waals surface area contributed by atoms with E-state index in [1.54, 1.807) is 62.6 Å². The first kappa shape index (κ1) is 27.5. The average molecular weight is 541 g/mol. The molecule has 2 aromatic carbocycles. The number of nitrogens with zero attached hydrogens (tertiary/aromatic N) is 3. The summed E-state index contributed by atoms with van der Waals surface area (Å²) < 4.78 is 15.7. The van der Waals surface area contributed by atoms with Crippen molar-refractivity contribution in [2.75, 3.05) is 63.3 Å². The summed E-state index contributed by atoms with van der Waals surface area (Å²) in [6, 6.07) is 12.8. The lowest BCUT2D eigenvalue weighted by Crippen LogP contribution is -2.45. The van der Waals surface area contributed by atoms with Crippen molar-refractivity contribution in [1.29, 1.82) is 0 Å². The van der Waals surface area contributed by atoms with E-state index in [9.17, 15) is 14.4 Å². The summed E-state index contributed by atoms with van der Waals surface area (Å²) in [6.45, 7) is 6.18. The zero-order valence-corrected chi connectivity index (χ0v) is 22.4. The summed E-state index contributed by atoms with van der Waals surface area (Å²) in [6.07, 6.45) is -0.0750. The van der Waals surface area contributed by atoms with E-state index < -0.39 is 12.0 Å². The van der Waals surface area contributed by atoms with Gasteiger partial charge in [-0.05, 0) is 67.7 Å². The highest BCUT2D eigenvalue weighted by molar-refractivity contribution is 7.80. The summed E-state index contributed by atoms with van der Waals surface area (Å²) >= 11 is 5.75. The van der Waals surface area contributed by atoms with Crippen LogP contribution in [-0.2, 0) is 19.1 Å². The number of hydrogen-bond donors (Lipinski definition) is 1. The molecule has 2 aromatic rings. The predicted octanol–water partition coefficient (Wildman–Crippen LogP) is 2.54. The number of methoxy groups -OCH3 is 1. The minimum absolute atomic E-state index is 0.0750. The summed E-state index contributed by atoms with van der Waals surface area (Å²) in [5, 5.41) is 3.19. The van der Waals surface area contributed by atoms with Gasteiger partial charge in [0.05, 0.1) is 44.6 Å². The highest BCUT2D eigenvalue weighted by Gasteiger charge is 2.44. The van der Waals surface area contributed by atoms with Gasteiger partial charge in [-0.15, -0.1) is 0 Å². The molecule has 0 spiro atoms. The van der Waals surface area contributed by atoms with Crippen molar-refractivity contribution in [2.45, 2.75) is 19.4 Å². The molecule has 10 nitrogen and oxygen atoms in total. The topological polar surface area (TPSA) is 101 Å². The van der Waals surface area contributed by atoms with Gasteiger partial charge in [-0.3, -0.25) is 19.4 Å². The fourth-order valence-corrected chi connectivity index (χ4v) is 4.84. The normalized spacial score (nSPS) is 18.0. The Balaban J connectivity index is 1.48. The molecule has 0 unspecified atom stereocenters. The van der Waals surface area contributed by atoms with Crippen LogP contribution in [0.2, 0.25) is 0 Å². The van der Waals surface area contributed by atoms with Crippen LogP contribution >= 0.6 is 12.2 Å². The Kier molecular flexibility index (Phi) is 9.27. The van der Waals surface area contributed by atoms with Gasteiger partial charge in [0.2, 0.25) is 5.91 Å². The van der Waals surface area contributed by atoms with Gasteiger partial charge in [-0.2, -0.15) is 0 Å². The number of anilines is 2. The van der Waals surface area contributed by atoms with Crippen LogP contribution in [0.25, 0.3) is 0 Å². The molecule has 0 radical (unpaired) electrons. The highest BCUT2D eigenvalue weighted by atomic mass is 32.1. The van der Waals surface area contributed by atoms with Crippen LogP contribution in [0.4, 0.5) is 11.4 Å². The van der Waals surface area contributed by atoms with E-state index in [1.165, 1.54) is 4.90 Å². The molecule has 0 saturated carbocycles. The molecule has 11 heteroatoms. The van der Waals surface area contributed by atoms with Crippen LogP contribution in [0.3, 0.4) is 0 Å². The van der Waals surface area contributed by atoms with Crippen LogP contribution in [0, 0.1) is 0 Å². The van der Waals surface area contributed by atoms with E-state index in [-0.39, 0.29) is 24.8 Å². The van der Waals surface area contributed by atoms with Gasteiger partial charge < -0.3 is 24.4 Å². The number of esters is 1. The monoisotopic (exact) mass is 540 g/mol. The molecule has 202 valence electrons. The highest BCUT2D eigenvalue weighted by Crippen LogP contribution is 2.29. The van der Waals surface area contributed by atoms with E-state index >= 15 is 0 Å². The van der Waals surface area contributed by atoms with Crippen LogP contribution in [-0.4, -0.2) is 91.8 Å². The second-order valence-corrected chi connectivity index (χ2v) is 9.23. The van der Waals surface area contributed by atoms with Crippen molar-refractivity contribution < 1.29 is 28.6 Å². The Morgan fingerprint density at radius 2 is 1.74 bits per heavy atom. The van der Waals surface area contributed by atoms with Crippen LogP contribution in [0.5, 0.6) is 5.75 Å². The number of hydrogen-bond acceptors (Lipinski definition) is 8. The number of amides is 2. The maximum absolute atomic E-state index is 13.6. The second-order valence-electron chi connectivity index (χ2n) is 8.87. The van der Waals surface area contributed by atoms with Crippen LogP contribution in [0.15, 0.2) is 48.5 Å². The van der Waals surface area contributed by atoms with E-state index in [0.717, 1.165) is 13.1 Å². The van der Waals surface area contributed by atoms with Gasteiger partial charge in [0.25, 0.3) is 5.91 Å². The van der Waals surface area contributed by atoms with Crippen molar-refractivity contribution in [3.63, 3.8) is 0 Å². The fourth-order valence-electron chi connectivity index (χ4n) is 4.42. The maximum atomic E-state index is 13.6. The van der Waals surface area contributed by atoms with Crippen molar-refractivity contribution in [3.8, 4) is 5.75 Å². The Labute approximate surface area is 227 Å². The quantitative estimate of drug-likeness (QED) is 0.360. The molecular formula is C27H32N4O6S. The van der Waals surface area contributed by atoms with Gasteiger partial charge in [0, 0.05) is 31.9 Å². The molecule has 1 N–H and O–H groups in total. The lowest BCUT2D eigenvalue weighted by Gasteiger charge is -2.30. The molecule has 2 heterocycles. The minimum Gasteiger partial charge on any atom is -0.497 e. The summed E-state index contributed by atoms with van der Waals surface area (Å²) in [7, 11) is 1.58. The maximum Gasteiger partial charge on any atom is 0.338 e. The third-order valence-electron chi connectivity index (χ3n) is 6.47. The fraction of sp³-hybridized carbons (Fsp3) is 0.407. The Morgan fingerprint density at radius 1 is 1.05 bits per heavy atom. The molecule has 0 aromatic heterocycles. The number of carbonyl (C=O) groups excluding carboxylic acids is 3. The number of benzene rings is 2. The van der Waals surface area contributed by atoms with Gasteiger partial charge >= 0.3 is 5.97 Å². The Bertz CT molecular complexity index is 1150. The third kappa shape index (κ3) is 6.47. The number of carbonyl (C=O) groups is 3. The van der Waals surface area contributed by atoms with E-state index in [0.29, 0.717) is 54.1 Å². The molecule has 0 aliphatic carbocycles. The zero-order chi connectivity index (χ0) is 27.1. The SMILES string of the molecule is CCOC(=O)c1ccc(NC(=O)C[C@@H]2C(=O)N(c3ccc(OC)cc3)C(=S)N2CCN2CCOCC2)cc1. The molecule has 38 heavy (non-hydrogen) atoms. The van der Waals surface area contributed by atoms with E-state index in [2.05, 4.69) is 10.2 Å². The predicted molar refractivity (Wildman–Crippen MR) is 146 cm³/mol. The first-order chi connectivity index (χ1) is 18.4. The zero-order valence-electron chi connectivity index (χ0n) is 21.6. The number of nitrogens with one attached hydrogen (secondary N) is 1. The first-order valence-corrected chi connectivity index (χ1v) is 13.0. The molecule has 2 fully saturated rings. The smallest absolute Gasteiger partial charge is 0.338 e. The molecule has 2 aliphatic rings. The summed E-state index contributed by atoms with van der Waals surface area (Å²) in [5.74, 6) is -0.344. The number of morpholine rings is 1. The summed E-state index contributed by atoms with van der Waals surface area (Å²) in [5.41, 5.74) is 1.53. The van der Waals surface area contributed by atoms with Crippen molar-refractivity contribution >= 4 is 46.5 Å². The van der Waals surface area contributed by atoms with E-state index in [1.807, 2.05) is 4.90 Å². The molecule has 2 saturated heterocycles. The van der Waals surface area contributed by atoms with Gasteiger partial charge in [0.1, 0.15) is 11.8 Å². The summed E-state index contributed by atoms with van der Waals surface area (Å²) in [4.78, 5) is 44.1. The Morgan fingerprint density at radius 3 is 2.37 bits per heavy atom. The minimum atomic E-state index is -0.746. The Hall–Kier alpha value is -3.54. The van der Waals surface area contributed by atoms with Crippen molar-refractivity contribution in [1.82, 2.24) is 9.80 Å². The number of ether oxygens (including phenoxy) is 3. The number of thiocarbonyl (C=S) groups is 1.